The molecule has 0 saturated carbocycles. The molecule has 0 bridgehead atoms. The number of esters is 2. The van der Waals surface area contributed by atoms with Crippen LogP contribution in [0.3, 0.4) is 0 Å². The van der Waals surface area contributed by atoms with Gasteiger partial charge < -0.3 is 32.6 Å². The summed E-state index contributed by atoms with van der Waals surface area (Å²) in [6, 6.07) is 0. The molecular formula is C48H80NO9P. The molecule has 0 N–H and O–H groups in total. The van der Waals surface area contributed by atoms with Crippen LogP contribution in [0.25, 0.3) is 0 Å². The van der Waals surface area contributed by atoms with E-state index in [9.17, 15) is 19.0 Å². The van der Waals surface area contributed by atoms with Crippen molar-refractivity contribution >= 4 is 19.8 Å². The van der Waals surface area contributed by atoms with E-state index in [-0.39, 0.29) is 26.1 Å². The number of phosphoric ester groups is 1. The number of carbonyl (C=O) groups is 2. The van der Waals surface area contributed by atoms with Gasteiger partial charge in [-0.15, -0.1) is 0 Å². The zero-order chi connectivity index (χ0) is 43.3. The number of allylic oxidation sites excluding steroid dienone is 13. The lowest BCUT2D eigenvalue weighted by Crippen LogP contribution is -2.37. The minimum atomic E-state index is -4.66. The first-order valence-electron chi connectivity index (χ1n) is 22.4. The molecule has 1 fully saturated rings. The zero-order valence-corrected chi connectivity index (χ0v) is 38.2. The van der Waals surface area contributed by atoms with Crippen molar-refractivity contribution in [3.8, 4) is 0 Å². The molecule has 1 aliphatic rings. The van der Waals surface area contributed by atoms with Gasteiger partial charge in [-0.3, -0.25) is 14.2 Å². The smallest absolute Gasteiger partial charge is 0.306 e. The number of epoxide rings is 1. The maximum Gasteiger partial charge on any atom is 0.306 e. The molecule has 0 aromatic carbocycles. The van der Waals surface area contributed by atoms with E-state index in [1.807, 2.05) is 27.2 Å². The van der Waals surface area contributed by atoms with Crippen LogP contribution in [0.5, 0.6) is 0 Å². The standard InChI is InChI=1S/C48H80NO9P/c1-6-8-10-11-12-13-14-15-16-17-18-19-20-24-27-30-34-38-47(50)54-42-44(43-56-59(52,53)55-41-40-49(3,4)5)57-48(51)39-35-31-28-25-22-21-23-26-29-33-37-46-45(58-46)36-32-9-7-2/h8,10,12-13,15-16,18-19,21,23,25,28-29,33,44-46H,6-7,9,11,14,17,20,22,24,26-27,30-32,34-43H2,1-5H3/b10-8-,13-12-,16-15-,19-18-,23-21-,28-25-,33-29-/t44-,45?,46?/m1/s1. The number of likely N-dealkylation sites (N-methyl/N-ethyl adjacent to an activating group) is 1. The Morgan fingerprint density at radius 1 is 0.644 bits per heavy atom. The van der Waals surface area contributed by atoms with Crippen LogP contribution >= 0.6 is 7.82 Å². The summed E-state index contributed by atoms with van der Waals surface area (Å²) in [7, 11) is 1.09. The van der Waals surface area contributed by atoms with Crippen LogP contribution in [-0.4, -0.2) is 82.2 Å². The molecule has 0 aliphatic carbocycles. The molecular weight excluding hydrogens is 765 g/mol. The molecule has 1 saturated heterocycles. The van der Waals surface area contributed by atoms with Gasteiger partial charge in [0.25, 0.3) is 7.82 Å². The molecule has 0 amide bonds. The van der Waals surface area contributed by atoms with Crippen LogP contribution in [0.4, 0.5) is 0 Å². The monoisotopic (exact) mass is 846 g/mol. The molecule has 59 heavy (non-hydrogen) atoms. The van der Waals surface area contributed by atoms with E-state index in [0.717, 1.165) is 70.6 Å². The summed E-state index contributed by atoms with van der Waals surface area (Å²) in [4.78, 5) is 37.6. The first-order chi connectivity index (χ1) is 28.5. The fourth-order valence-electron chi connectivity index (χ4n) is 5.73. The molecule has 1 aliphatic heterocycles. The summed E-state index contributed by atoms with van der Waals surface area (Å²) in [5, 5.41) is 0. The van der Waals surface area contributed by atoms with Crippen molar-refractivity contribution in [3.63, 3.8) is 0 Å². The Kier molecular flexibility index (Phi) is 32.9. The predicted octanol–water partition coefficient (Wildman–Crippen LogP) is 11.2. The average molecular weight is 846 g/mol. The molecule has 0 aromatic rings. The minimum absolute atomic E-state index is 0.0522. The van der Waals surface area contributed by atoms with Crippen molar-refractivity contribution in [1.29, 1.82) is 0 Å². The molecule has 336 valence electrons. The molecule has 3 unspecified atom stereocenters. The first kappa shape index (κ1) is 54.2. The van der Waals surface area contributed by atoms with Gasteiger partial charge in [0.1, 0.15) is 19.8 Å². The highest BCUT2D eigenvalue weighted by atomic mass is 31.2. The van der Waals surface area contributed by atoms with E-state index >= 15 is 0 Å². The van der Waals surface area contributed by atoms with Gasteiger partial charge in [0.15, 0.2) is 6.10 Å². The van der Waals surface area contributed by atoms with Gasteiger partial charge in [-0.2, -0.15) is 0 Å². The lowest BCUT2D eigenvalue weighted by Gasteiger charge is -2.28. The van der Waals surface area contributed by atoms with Crippen LogP contribution in [0.15, 0.2) is 85.1 Å². The van der Waals surface area contributed by atoms with Gasteiger partial charge in [-0.25, -0.2) is 0 Å². The number of nitrogens with zero attached hydrogens (tertiary/aromatic N) is 1. The van der Waals surface area contributed by atoms with E-state index in [1.54, 1.807) is 0 Å². The van der Waals surface area contributed by atoms with Gasteiger partial charge in [0.2, 0.25) is 0 Å². The number of carbonyl (C=O) groups excluding carboxylic acids is 2. The second kappa shape index (κ2) is 35.9. The molecule has 1 heterocycles. The Morgan fingerprint density at radius 2 is 1.20 bits per heavy atom. The lowest BCUT2D eigenvalue weighted by atomic mass is 10.1. The Balaban J connectivity index is 2.34. The van der Waals surface area contributed by atoms with E-state index in [2.05, 4.69) is 92.8 Å². The summed E-state index contributed by atoms with van der Waals surface area (Å²) in [6.07, 6.45) is 47.9. The Labute approximate surface area is 358 Å². The topological polar surface area (TPSA) is 124 Å². The summed E-state index contributed by atoms with van der Waals surface area (Å²) in [5.74, 6) is -0.942. The highest BCUT2D eigenvalue weighted by molar-refractivity contribution is 7.45. The second-order valence-corrected chi connectivity index (χ2v) is 17.5. The number of quaternary nitrogens is 1. The van der Waals surface area contributed by atoms with Gasteiger partial charge in [-0.05, 0) is 83.5 Å². The molecule has 11 heteroatoms. The van der Waals surface area contributed by atoms with E-state index in [1.165, 1.54) is 25.7 Å². The SMILES string of the molecule is CC/C=C\C/C=C\C/C=C\C/C=C\CCCCCCC(=O)OC[C@H](COP(=O)([O-])OCC[N+](C)(C)C)OC(=O)CCC/C=C\C/C=C\C/C=C\CC1OC1CCCCC. The maximum atomic E-state index is 12.7. The van der Waals surface area contributed by atoms with Crippen LogP contribution < -0.4 is 4.89 Å². The van der Waals surface area contributed by atoms with Crippen molar-refractivity contribution < 1.29 is 46.8 Å². The zero-order valence-electron chi connectivity index (χ0n) is 37.4. The molecule has 0 aromatic heterocycles. The maximum absolute atomic E-state index is 12.7. The third-order valence-corrected chi connectivity index (χ3v) is 10.3. The van der Waals surface area contributed by atoms with Gasteiger partial charge in [0, 0.05) is 12.8 Å². The summed E-state index contributed by atoms with van der Waals surface area (Å²) in [5.41, 5.74) is 0. The fraction of sp³-hybridized carbons (Fsp3) is 0.667. The normalized spacial score (nSPS) is 17.8. The molecule has 0 spiro atoms. The number of rotatable bonds is 38. The van der Waals surface area contributed by atoms with Crippen molar-refractivity contribution in [2.24, 2.45) is 0 Å². The van der Waals surface area contributed by atoms with E-state index in [4.69, 9.17) is 23.3 Å². The largest absolute Gasteiger partial charge is 0.756 e. The van der Waals surface area contributed by atoms with Crippen LogP contribution in [-0.2, 0) is 37.4 Å². The number of hydrogen-bond donors (Lipinski definition) is 0. The van der Waals surface area contributed by atoms with E-state index < -0.39 is 32.5 Å². The molecule has 0 radical (unpaired) electrons. The second-order valence-electron chi connectivity index (χ2n) is 16.1. The van der Waals surface area contributed by atoms with Gasteiger partial charge in [-0.1, -0.05) is 131 Å². The van der Waals surface area contributed by atoms with Crippen molar-refractivity contribution in [2.45, 2.75) is 161 Å². The first-order valence-corrected chi connectivity index (χ1v) is 23.9. The van der Waals surface area contributed by atoms with Crippen LogP contribution in [0, 0.1) is 0 Å². The van der Waals surface area contributed by atoms with Crippen LogP contribution in [0.2, 0.25) is 0 Å². The Morgan fingerprint density at radius 3 is 1.81 bits per heavy atom. The number of ether oxygens (including phenoxy) is 3. The number of unbranched alkanes of at least 4 members (excludes halogenated alkanes) is 7. The highest BCUT2D eigenvalue weighted by Crippen LogP contribution is 2.38. The summed E-state index contributed by atoms with van der Waals surface area (Å²) < 4.78 is 39.6. The number of hydrogen-bond acceptors (Lipinski definition) is 9. The molecule has 10 nitrogen and oxygen atoms in total. The molecule has 4 atom stereocenters. The average Bonchev–Trinajstić information content (AvgIpc) is 3.94. The Hall–Kier alpha value is -2.85. The number of phosphoric acid groups is 1. The lowest BCUT2D eigenvalue weighted by molar-refractivity contribution is -0.870. The van der Waals surface area contributed by atoms with Crippen LogP contribution in [0.1, 0.15) is 142 Å². The third kappa shape index (κ3) is 36.7. The Bertz CT molecular complexity index is 1340. The summed E-state index contributed by atoms with van der Waals surface area (Å²) in [6.45, 7) is 3.96. The van der Waals surface area contributed by atoms with Gasteiger partial charge >= 0.3 is 11.9 Å². The van der Waals surface area contributed by atoms with Gasteiger partial charge in [0.05, 0.1) is 40.0 Å². The quantitative estimate of drug-likeness (QED) is 0.0149. The molecule has 1 rings (SSSR count). The fourth-order valence-corrected chi connectivity index (χ4v) is 6.46. The predicted molar refractivity (Wildman–Crippen MR) is 240 cm³/mol. The van der Waals surface area contributed by atoms with Crippen molar-refractivity contribution in [1.82, 2.24) is 0 Å². The minimum Gasteiger partial charge on any atom is -0.756 e. The third-order valence-electron chi connectivity index (χ3n) is 9.32. The highest BCUT2D eigenvalue weighted by Gasteiger charge is 2.36. The summed E-state index contributed by atoms with van der Waals surface area (Å²) >= 11 is 0. The van der Waals surface area contributed by atoms with E-state index in [0.29, 0.717) is 42.5 Å². The van der Waals surface area contributed by atoms with Crippen molar-refractivity contribution in [2.75, 3.05) is 47.5 Å². The van der Waals surface area contributed by atoms with Crippen molar-refractivity contribution in [3.05, 3.63) is 85.1 Å².